The first kappa shape index (κ1) is 28.9. The third-order valence-electron chi connectivity index (χ3n) is 5.34. The van der Waals surface area contributed by atoms with Crippen LogP contribution in [-0.2, 0) is 10.5 Å². The standard InChI is InChI=1S/C27H31NO7.ClH/c1-3-33-15-16-35-25-17-20(9-12-24(25)26(30)31)19-7-10-23(11-8-19)34-14-13-28-27(2,32)21-5-4-6-22(29)18-21;/h4-12,17-18,28-29,32H,3,13-16H2,1-2H3,(H,30,31);1H/t27-;/m0./s1. The Morgan fingerprint density at radius 2 is 1.67 bits per heavy atom. The fourth-order valence-electron chi connectivity index (χ4n) is 3.47. The maximum atomic E-state index is 11.5. The number of aliphatic hydroxyl groups is 1. The molecule has 0 saturated carbocycles. The average Bonchev–Trinajstić information content (AvgIpc) is 2.85. The van der Waals surface area contributed by atoms with Gasteiger partial charge in [0.2, 0.25) is 0 Å². The van der Waals surface area contributed by atoms with Gasteiger partial charge >= 0.3 is 5.97 Å². The summed E-state index contributed by atoms with van der Waals surface area (Å²) in [5, 5.41) is 32.6. The van der Waals surface area contributed by atoms with E-state index < -0.39 is 11.7 Å². The van der Waals surface area contributed by atoms with E-state index in [1.165, 1.54) is 12.1 Å². The predicted molar refractivity (Wildman–Crippen MR) is 139 cm³/mol. The number of rotatable bonds is 13. The van der Waals surface area contributed by atoms with E-state index in [0.717, 1.165) is 11.1 Å². The summed E-state index contributed by atoms with van der Waals surface area (Å²) in [7, 11) is 0. The molecule has 0 heterocycles. The molecule has 0 aliphatic rings. The zero-order chi connectivity index (χ0) is 25.3. The number of hydrogen-bond donors (Lipinski definition) is 4. The number of ether oxygens (including phenoxy) is 3. The molecule has 0 unspecified atom stereocenters. The molecule has 0 saturated heterocycles. The van der Waals surface area contributed by atoms with Gasteiger partial charge in [0.05, 0.1) is 6.61 Å². The molecule has 0 aliphatic carbocycles. The summed E-state index contributed by atoms with van der Waals surface area (Å²) in [6.45, 7) is 5.40. The molecule has 0 radical (unpaired) electrons. The number of phenols is 1. The highest BCUT2D eigenvalue weighted by molar-refractivity contribution is 5.92. The Bertz CT molecular complexity index is 1120. The molecule has 3 aromatic rings. The number of phenolic OH excluding ortho intramolecular Hbond substituents is 1. The minimum Gasteiger partial charge on any atom is -0.508 e. The highest BCUT2D eigenvalue weighted by Crippen LogP contribution is 2.29. The van der Waals surface area contributed by atoms with Gasteiger partial charge in [-0.25, -0.2) is 4.79 Å². The van der Waals surface area contributed by atoms with Crippen molar-refractivity contribution in [3.05, 3.63) is 77.9 Å². The van der Waals surface area contributed by atoms with E-state index in [1.807, 2.05) is 31.2 Å². The molecule has 0 amide bonds. The fourth-order valence-corrected chi connectivity index (χ4v) is 3.47. The molecule has 8 nitrogen and oxygen atoms in total. The van der Waals surface area contributed by atoms with Crippen molar-refractivity contribution in [1.82, 2.24) is 5.32 Å². The largest absolute Gasteiger partial charge is 0.508 e. The Morgan fingerprint density at radius 3 is 2.33 bits per heavy atom. The molecule has 3 aromatic carbocycles. The van der Waals surface area contributed by atoms with Crippen LogP contribution in [0, 0.1) is 0 Å². The summed E-state index contributed by atoms with van der Waals surface area (Å²) in [6.07, 6.45) is 0. The third-order valence-corrected chi connectivity index (χ3v) is 5.34. The van der Waals surface area contributed by atoms with Crippen LogP contribution in [0.15, 0.2) is 66.7 Å². The molecule has 0 spiro atoms. The summed E-state index contributed by atoms with van der Waals surface area (Å²) >= 11 is 0. The van der Waals surface area contributed by atoms with Crippen LogP contribution in [0.5, 0.6) is 17.2 Å². The van der Waals surface area contributed by atoms with E-state index >= 15 is 0 Å². The Hall–Kier alpha value is -3.30. The number of carbonyl (C=O) groups is 1. The Morgan fingerprint density at radius 1 is 0.944 bits per heavy atom. The smallest absolute Gasteiger partial charge is 0.339 e. The number of benzene rings is 3. The van der Waals surface area contributed by atoms with Gasteiger partial charge in [0.15, 0.2) is 0 Å². The van der Waals surface area contributed by atoms with Gasteiger partial charge in [-0.2, -0.15) is 0 Å². The maximum absolute atomic E-state index is 11.5. The number of hydrogen-bond acceptors (Lipinski definition) is 7. The highest BCUT2D eigenvalue weighted by Gasteiger charge is 2.22. The molecular weight excluding hydrogens is 486 g/mol. The van der Waals surface area contributed by atoms with Crippen molar-refractivity contribution in [2.45, 2.75) is 19.6 Å². The lowest BCUT2D eigenvalue weighted by atomic mass is 10.0. The second kappa shape index (κ2) is 13.7. The number of nitrogens with one attached hydrogen (secondary N) is 1. The molecule has 4 N–H and O–H groups in total. The summed E-state index contributed by atoms with van der Waals surface area (Å²) in [5.41, 5.74) is 1.04. The number of carboxylic acids is 1. The van der Waals surface area contributed by atoms with Gasteiger partial charge in [-0.05, 0) is 61.4 Å². The Labute approximate surface area is 216 Å². The molecule has 0 aliphatic heterocycles. The third kappa shape index (κ3) is 8.13. The van der Waals surface area contributed by atoms with Crippen molar-refractivity contribution >= 4 is 18.4 Å². The second-order valence-corrected chi connectivity index (χ2v) is 7.98. The van der Waals surface area contributed by atoms with Gasteiger partial charge in [-0.15, -0.1) is 12.4 Å². The van der Waals surface area contributed by atoms with Crippen molar-refractivity contribution in [2.75, 3.05) is 33.0 Å². The fraction of sp³-hybridized carbons (Fsp3) is 0.296. The predicted octanol–water partition coefficient (Wildman–Crippen LogP) is 4.43. The van der Waals surface area contributed by atoms with Crippen LogP contribution >= 0.6 is 12.4 Å². The van der Waals surface area contributed by atoms with Crippen molar-refractivity contribution < 1.29 is 34.3 Å². The molecule has 0 fully saturated rings. The quantitative estimate of drug-likeness (QED) is 0.194. The first-order valence-electron chi connectivity index (χ1n) is 11.4. The highest BCUT2D eigenvalue weighted by atomic mass is 35.5. The van der Waals surface area contributed by atoms with E-state index in [0.29, 0.717) is 43.4 Å². The SMILES string of the molecule is CCOCCOc1cc(-c2ccc(OCCN[C@@](C)(O)c3cccc(O)c3)cc2)ccc1C(=O)O.Cl. The number of halogens is 1. The molecular formula is C27H32ClNO7. The topological polar surface area (TPSA) is 117 Å². The molecule has 1 atom stereocenters. The molecule has 9 heteroatoms. The first-order chi connectivity index (χ1) is 16.8. The normalized spacial score (nSPS) is 12.3. The first-order valence-corrected chi connectivity index (χ1v) is 11.4. The summed E-state index contributed by atoms with van der Waals surface area (Å²) < 4.78 is 16.7. The minimum atomic E-state index is -1.31. The van der Waals surface area contributed by atoms with Gasteiger partial charge in [-0.3, -0.25) is 5.32 Å². The molecule has 0 aromatic heterocycles. The van der Waals surface area contributed by atoms with E-state index in [9.17, 15) is 20.1 Å². The maximum Gasteiger partial charge on any atom is 0.339 e. The zero-order valence-electron chi connectivity index (χ0n) is 20.3. The van der Waals surface area contributed by atoms with E-state index in [1.54, 1.807) is 37.3 Å². The molecule has 194 valence electrons. The second-order valence-electron chi connectivity index (χ2n) is 7.98. The van der Waals surface area contributed by atoms with Gasteiger partial charge in [-0.1, -0.05) is 30.3 Å². The van der Waals surface area contributed by atoms with Crippen molar-refractivity contribution in [3.63, 3.8) is 0 Å². The number of carboxylic acid groups (broad SMARTS) is 1. The van der Waals surface area contributed by atoms with Crippen molar-refractivity contribution in [3.8, 4) is 28.4 Å². The van der Waals surface area contributed by atoms with Crippen LogP contribution in [0.3, 0.4) is 0 Å². The van der Waals surface area contributed by atoms with Crippen LogP contribution in [0.25, 0.3) is 11.1 Å². The monoisotopic (exact) mass is 517 g/mol. The summed E-state index contributed by atoms with van der Waals surface area (Å²) in [6, 6.07) is 18.8. The van der Waals surface area contributed by atoms with Crippen LogP contribution in [-0.4, -0.2) is 54.3 Å². The number of aromatic hydroxyl groups is 1. The zero-order valence-corrected chi connectivity index (χ0v) is 21.1. The molecule has 0 bridgehead atoms. The molecule has 3 rings (SSSR count). The van der Waals surface area contributed by atoms with Gasteiger partial charge in [0.25, 0.3) is 0 Å². The summed E-state index contributed by atoms with van der Waals surface area (Å²) in [4.78, 5) is 11.5. The van der Waals surface area contributed by atoms with Crippen molar-refractivity contribution in [1.29, 1.82) is 0 Å². The number of aromatic carboxylic acids is 1. The van der Waals surface area contributed by atoms with E-state index in [-0.39, 0.29) is 30.3 Å². The van der Waals surface area contributed by atoms with Crippen LogP contribution in [0.4, 0.5) is 0 Å². The lowest BCUT2D eigenvalue weighted by Gasteiger charge is -2.25. The summed E-state index contributed by atoms with van der Waals surface area (Å²) in [5.74, 6) is -0.0196. The van der Waals surface area contributed by atoms with E-state index in [2.05, 4.69) is 5.32 Å². The Kier molecular flexibility index (Phi) is 11.0. The lowest BCUT2D eigenvalue weighted by molar-refractivity contribution is 0.0167. The van der Waals surface area contributed by atoms with Crippen LogP contribution < -0.4 is 14.8 Å². The van der Waals surface area contributed by atoms with Crippen LogP contribution in [0.2, 0.25) is 0 Å². The Balaban J connectivity index is 0.00000456. The average molecular weight is 518 g/mol. The molecule has 36 heavy (non-hydrogen) atoms. The van der Waals surface area contributed by atoms with Gasteiger partial charge in [0.1, 0.15) is 41.8 Å². The minimum absolute atomic E-state index is 0. The van der Waals surface area contributed by atoms with E-state index in [4.69, 9.17) is 14.2 Å². The van der Waals surface area contributed by atoms with Crippen LogP contribution in [0.1, 0.15) is 29.8 Å². The lowest BCUT2D eigenvalue weighted by Crippen LogP contribution is -2.41. The van der Waals surface area contributed by atoms with Gasteiger partial charge < -0.3 is 29.5 Å². The van der Waals surface area contributed by atoms with Crippen molar-refractivity contribution in [2.24, 2.45) is 0 Å². The van der Waals surface area contributed by atoms with Gasteiger partial charge in [0, 0.05) is 18.7 Å².